The normalized spacial score (nSPS) is 12.0. The Labute approximate surface area is 231 Å². The van der Waals surface area contributed by atoms with Gasteiger partial charge < -0.3 is 10.2 Å². The van der Waals surface area contributed by atoms with Crippen molar-refractivity contribution in [2.24, 2.45) is 0 Å². The maximum atomic E-state index is 14.7. The fourth-order valence-corrected chi connectivity index (χ4v) is 5.14. The van der Waals surface area contributed by atoms with E-state index in [4.69, 9.17) is 0 Å². The molecule has 0 fully saturated rings. The van der Waals surface area contributed by atoms with Crippen LogP contribution in [0.4, 0.5) is 10.1 Å². The number of hydrogen-bond acceptors (Lipinski definition) is 4. The summed E-state index contributed by atoms with van der Waals surface area (Å²) in [5.41, 5.74) is 2.12. The third-order valence-corrected chi connectivity index (χ3v) is 8.06. The van der Waals surface area contributed by atoms with Crippen LogP contribution in [0.25, 0.3) is 0 Å². The number of carbonyl (C=O) groups is 2. The third-order valence-electron chi connectivity index (χ3n) is 6.03. The molecule has 202 valence electrons. The second-order valence-electron chi connectivity index (χ2n) is 8.92. The lowest BCUT2D eigenvalue weighted by atomic mass is 10.0. The highest BCUT2D eigenvalue weighted by atomic mass is 79.9. The average Bonchev–Trinajstić information content (AvgIpc) is 2.87. The van der Waals surface area contributed by atoms with Crippen molar-refractivity contribution in [3.8, 4) is 0 Å². The van der Waals surface area contributed by atoms with Gasteiger partial charge in [-0.25, -0.2) is 12.8 Å². The van der Waals surface area contributed by atoms with E-state index in [9.17, 15) is 22.4 Å². The van der Waals surface area contributed by atoms with E-state index in [2.05, 4.69) is 21.2 Å². The Morgan fingerprint density at radius 1 is 1.03 bits per heavy atom. The summed E-state index contributed by atoms with van der Waals surface area (Å²) in [6.07, 6.45) is 1.19. The number of benzene rings is 3. The Kier molecular flexibility index (Phi) is 10.0. The van der Waals surface area contributed by atoms with Gasteiger partial charge in [-0.2, -0.15) is 0 Å². The van der Waals surface area contributed by atoms with E-state index >= 15 is 0 Å². The second-order valence-corrected chi connectivity index (χ2v) is 11.7. The van der Waals surface area contributed by atoms with Crippen LogP contribution in [0.1, 0.15) is 23.6 Å². The molecule has 0 saturated carbocycles. The van der Waals surface area contributed by atoms with Gasteiger partial charge in [-0.15, -0.1) is 0 Å². The summed E-state index contributed by atoms with van der Waals surface area (Å²) in [5.74, 6) is -1.57. The molecule has 1 atom stereocenters. The zero-order chi connectivity index (χ0) is 27.9. The molecule has 10 heteroatoms. The minimum atomic E-state index is -3.88. The predicted octanol–water partition coefficient (Wildman–Crippen LogP) is 4.44. The number of nitrogens with zero attached hydrogens (tertiary/aromatic N) is 2. The first kappa shape index (κ1) is 29.3. The van der Waals surface area contributed by atoms with Crippen LogP contribution in [0.15, 0.2) is 77.3 Å². The maximum absolute atomic E-state index is 14.7. The standard InChI is InChI=1S/C28H31BrFN3O4S/c1-4-31-28(35)26(17-21-10-6-5-7-11-21)32(18-22-12-8-9-13-25(22)30)27(34)19-33(38(3,36)37)23-14-15-24(29)20(2)16-23/h5-16,26H,4,17-19H2,1-3H3,(H,31,35)/t26-/m0/s1. The second kappa shape index (κ2) is 13.0. The van der Waals surface area contributed by atoms with Crippen molar-refractivity contribution in [3.05, 3.63) is 99.8 Å². The molecule has 3 aromatic carbocycles. The minimum Gasteiger partial charge on any atom is -0.355 e. The van der Waals surface area contributed by atoms with Gasteiger partial charge in [0, 0.05) is 29.5 Å². The van der Waals surface area contributed by atoms with Crippen LogP contribution in [0.3, 0.4) is 0 Å². The monoisotopic (exact) mass is 603 g/mol. The molecular formula is C28H31BrFN3O4S. The van der Waals surface area contributed by atoms with Gasteiger partial charge in [0.15, 0.2) is 0 Å². The molecule has 3 rings (SSSR count). The molecule has 2 amide bonds. The molecule has 0 unspecified atom stereocenters. The van der Waals surface area contributed by atoms with Crippen LogP contribution in [-0.2, 0) is 32.6 Å². The molecule has 3 aromatic rings. The lowest BCUT2D eigenvalue weighted by molar-refractivity contribution is -0.140. The molecule has 0 aliphatic heterocycles. The van der Waals surface area contributed by atoms with Crippen LogP contribution < -0.4 is 9.62 Å². The summed E-state index contributed by atoms with van der Waals surface area (Å²) in [5, 5.41) is 2.77. The quantitative estimate of drug-likeness (QED) is 0.351. The molecule has 0 aromatic heterocycles. The van der Waals surface area contributed by atoms with E-state index in [-0.39, 0.29) is 18.5 Å². The lowest BCUT2D eigenvalue weighted by Gasteiger charge is -2.33. The number of carbonyl (C=O) groups excluding carboxylic acids is 2. The molecule has 0 bridgehead atoms. The molecule has 0 aliphatic carbocycles. The summed E-state index contributed by atoms with van der Waals surface area (Å²) in [6, 6.07) is 19.1. The first-order valence-corrected chi connectivity index (χ1v) is 14.7. The number of amides is 2. The smallest absolute Gasteiger partial charge is 0.244 e. The zero-order valence-corrected chi connectivity index (χ0v) is 23.9. The molecular weight excluding hydrogens is 573 g/mol. The summed E-state index contributed by atoms with van der Waals surface area (Å²) in [6.45, 7) is 3.14. The van der Waals surface area contributed by atoms with Crippen molar-refractivity contribution in [2.75, 3.05) is 23.7 Å². The first-order valence-electron chi connectivity index (χ1n) is 12.1. The van der Waals surface area contributed by atoms with Crippen molar-refractivity contribution in [1.82, 2.24) is 10.2 Å². The maximum Gasteiger partial charge on any atom is 0.244 e. The van der Waals surface area contributed by atoms with Crippen LogP contribution in [0, 0.1) is 12.7 Å². The SMILES string of the molecule is CCNC(=O)[C@H](Cc1ccccc1)N(Cc1ccccc1F)C(=O)CN(c1ccc(Br)c(C)c1)S(C)(=O)=O. The number of halogens is 2. The molecule has 0 heterocycles. The van der Waals surface area contributed by atoms with Gasteiger partial charge in [-0.3, -0.25) is 13.9 Å². The van der Waals surface area contributed by atoms with Gasteiger partial charge in [-0.05, 0) is 49.2 Å². The highest BCUT2D eigenvalue weighted by Gasteiger charge is 2.33. The van der Waals surface area contributed by atoms with Crippen molar-refractivity contribution >= 4 is 43.5 Å². The van der Waals surface area contributed by atoms with Gasteiger partial charge in [0.2, 0.25) is 21.8 Å². The fourth-order valence-electron chi connectivity index (χ4n) is 4.05. The van der Waals surface area contributed by atoms with E-state index in [0.29, 0.717) is 12.2 Å². The molecule has 7 nitrogen and oxygen atoms in total. The van der Waals surface area contributed by atoms with E-state index in [0.717, 1.165) is 26.2 Å². The fraction of sp³-hybridized carbons (Fsp3) is 0.286. The average molecular weight is 605 g/mol. The first-order chi connectivity index (χ1) is 18.0. The summed E-state index contributed by atoms with van der Waals surface area (Å²) >= 11 is 3.40. The predicted molar refractivity (Wildman–Crippen MR) is 151 cm³/mol. The molecule has 1 N–H and O–H groups in total. The van der Waals surface area contributed by atoms with Crippen molar-refractivity contribution in [2.45, 2.75) is 32.9 Å². The van der Waals surface area contributed by atoms with E-state index in [1.54, 1.807) is 37.3 Å². The molecule has 0 spiro atoms. The lowest BCUT2D eigenvalue weighted by Crippen LogP contribution is -2.53. The Hall–Kier alpha value is -3.24. The van der Waals surface area contributed by atoms with Crippen molar-refractivity contribution < 1.29 is 22.4 Å². The van der Waals surface area contributed by atoms with Gasteiger partial charge in [0.05, 0.1) is 11.9 Å². The molecule has 0 saturated heterocycles. The Morgan fingerprint density at radius 2 is 1.68 bits per heavy atom. The van der Waals surface area contributed by atoms with E-state index in [1.807, 2.05) is 37.3 Å². The van der Waals surface area contributed by atoms with Gasteiger partial charge >= 0.3 is 0 Å². The van der Waals surface area contributed by atoms with Crippen LogP contribution in [-0.4, -0.2) is 50.5 Å². The summed E-state index contributed by atoms with van der Waals surface area (Å²) in [4.78, 5) is 28.4. The van der Waals surface area contributed by atoms with Gasteiger partial charge in [0.1, 0.15) is 18.4 Å². The highest BCUT2D eigenvalue weighted by molar-refractivity contribution is 9.10. The van der Waals surface area contributed by atoms with Crippen LogP contribution in [0.2, 0.25) is 0 Å². The number of aryl methyl sites for hydroxylation is 1. The number of sulfonamides is 1. The van der Waals surface area contributed by atoms with Gasteiger partial charge in [-0.1, -0.05) is 64.5 Å². The largest absolute Gasteiger partial charge is 0.355 e. The summed E-state index contributed by atoms with van der Waals surface area (Å²) in [7, 11) is -3.88. The topological polar surface area (TPSA) is 86.8 Å². The van der Waals surface area contributed by atoms with Crippen molar-refractivity contribution in [1.29, 1.82) is 0 Å². The minimum absolute atomic E-state index is 0.170. The number of anilines is 1. The number of rotatable bonds is 11. The Balaban J connectivity index is 2.06. The number of likely N-dealkylation sites (N-methyl/N-ethyl adjacent to an activating group) is 1. The molecule has 38 heavy (non-hydrogen) atoms. The van der Waals surface area contributed by atoms with E-state index < -0.39 is 40.2 Å². The van der Waals surface area contributed by atoms with Crippen LogP contribution >= 0.6 is 15.9 Å². The summed E-state index contributed by atoms with van der Waals surface area (Å²) < 4.78 is 42.1. The Bertz CT molecular complexity index is 1390. The Morgan fingerprint density at radius 3 is 2.29 bits per heavy atom. The molecule has 0 radical (unpaired) electrons. The number of nitrogens with one attached hydrogen (secondary N) is 1. The van der Waals surface area contributed by atoms with E-state index in [1.165, 1.54) is 17.0 Å². The zero-order valence-electron chi connectivity index (χ0n) is 21.5. The molecule has 0 aliphatic rings. The highest BCUT2D eigenvalue weighted by Crippen LogP contribution is 2.25. The van der Waals surface area contributed by atoms with Gasteiger partial charge in [0.25, 0.3) is 0 Å². The third kappa shape index (κ3) is 7.64. The van der Waals surface area contributed by atoms with Crippen molar-refractivity contribution in [3.63, 3.8) is 0 Å². The number of hydrogen-bond donors (Lipinski definition) is 1. The van der Waals surface area contributed by atoms with Crippen LogP contribution in [0.5, 0.6) is 0 Å².